The Hall–Kier alpha value is -3.03. The van der Waals surface area contributed by atoms with Crippen LogP contribution in [0.15, 0.2) is 121 Å². The van der Waals surface area contributed by atoms with Crippen molar-refractivity contribution in [3.8, 4) is 0 Å². The third-order valence-electron chi connectivity index (χ3n) is 6.55. The molecule has 5 rings (SSSR count). The predicted octanol–water partition coefficient (Wildman–Crippen LogP) is 6.88. The van der Waals surface area contributed by atoms with Crippen LogP contribution >= 0.6 is 11.6 Å². The first-order valence-corrected chi connectivity index (χ1v) is 13.6. The molecule has 5 atom stereocenters. The molecule has 1 aliphatic rings. The molecule has 1 aliphatic heterocycles. The SMILES string of the molecule is Cl[C@@H]1O[C@H](OCc2ccccc2)[C@@H](OCc2ccccc2)[C@H](OCc2ccccc2)[C@H]1OCc1ccccc1. The standard InChI is InChI=1S/C33H33ClO5/c34-32-30(36-22-26-15-7-2-8-16-26)29(35-21-25-13-5-1-6-14-25)31(37-23-27-17-9-3-10-18-27)33(39-32)38-24-28-19-11-4-12-20-28/h1-20,29-33H,21-24H2/t29-,30-,31+,32-,33+/m1/s1. The number of hydrogen-bond acceptors (Lipinski definition) is 5. The van der Waals surface area contributed by atoms with Crippen LogP contribution < -0.4 is 0 Å². The van der Waals surface area contributed by atoms with Crippen LogP contribution in [0.2, 0.25) is 0 Å². The molecule has 1 heterocycles. The molecule has 1 fully saturated rings. The van der Waals surface area contributed by atoms with Gasteiger partial charge in [0.25, 0.3) is 0 Å². The highest BCUT2D eigenvalue weighted by atomic mass is 35.5. The average molecular weight is 545 g/mol. The summed E-state index contributed by atoms with van der Waals surface area (Å²) in [6, 6.07) is 40.0. The highest BCUT2D eigenvalue weighted by Gasteiger charge is 2.48. The lowest BCUT2D eigenvalue weighted by Crippen LogP contribution is -2.59. The Morgan fingerprint density at radius 3 is 1.18 bits per heavy atom. The zero-order valence-electron chi connectivity index (χ0n) is 21.7. The van der Waals surface area contributed by atoms with E-state index in [0.29, 0.717) is 26.4 Å². The lowest BCUT2D eigenvalue weighted by Gasteiger charge is -2.44. The van der Waals surface area contributed by atoms with Crippen LogP contribution in [0.1, 0.15) is 22.3 Å². The molecule has 0 radical (unpaired) electrons. The van der Waals surface area contributed by atoms with Crippen LogP contribution in [-0.2, 0) is 50.1 Å². The number of hydrogen-bond donors (Lipinski definition) is 0. The molecule has 4 aromatic rings. The highest BCUT2D eigenvalue weighted by Crippen LogP contribution is 2.33. The van der Waals surface area contributed by atoms with Gasteiger partial charge >= 0.3 is 0 Å². The lowest BCUT2D eigenvalue weighted by molar-refractivity contribution is -0.311. The Morgan fingerprint density at radius 1 is 0.436 bits per heavy atom. The fourth-order valence-electron chi connectivity index (χ4n) is 4.49. The van der Waals surface area contributed by atoms with Gasteiger partial charge in [0.15, 0.2) is 11.9 Å². The minimum Gasteiger partial charge on any atom is -0.368 e. The molecule has 39 heavy (non-hydrogen) atoms. The van der Waals surface area contributed by atoms with Crippen LogP contribution in [0.3, 0.4) is 0 Å². The van der Waals surface area contributed by atoms with E-state index in [9.17, 15) is 0 Å². The van der Waals surface area contributed by atoms with E-state index in [1.807, 2.05) is 121 Å². The summed E-state index contributed by atoms with van der Waals surface area (Å²) in [5, 5.41) is 0. The molecule has 0 unspecified atom stereocenters. The number of alkyl halides is 1. The van der Waals surface area contributed by atoms with Crippen molar-refractivity contribution in [2.24, 2.45) is 0 Å². The van der Waals surface area contributed by atoms with Gasteiger partial charge in [0.05, 0.1) is 26.4 Å². The zero-order valence-corrected chi connectivity index (χ0v) is 22.4. The summed E-state index contributed by atoms with van der Waals surface area (Å²) in [4.78, 5) is 0. The molecular weight excluding hydrogens is 512 g/mol. The Kier molecular flexibility index (Phi) is 10.2. The van der Waals surface area contributed by atoms with Crippen molar-refractivity contribution in [2.45, 2.75) is 56.6 Å². The van der Waals surface area contributed by atoms with Crippen LogP contribution in [0.25, 0.3) is 0 Å². The van der Waals surface area contributed by atoms with Gasteiger partial charge in [-0.2, -0.15) is 0 Å². The Labute approximate surface area is 235 Å². The summed E-state index contributed by atoms with van der Waals surface area (Å²) in [6.07, 6.45) is -2.48. The van der Waals surface area contributed by atoms with Crippen LogP contribution in [-0.4, -0.2) is 30.2 Å². The summed E-state index contributed by atoms with van der Waals surface area (Å²) >= 11 is 6.82. The molecular formula is C33H33ClO5. The summed E-state index contributed by atoms with van der Waals surface area (Å²) in [5.74, 6) is 0. The van der Waals surface area contributed by atoms with E-state index in [2.05, 4.69) is 0 Å². The second kappa shape index (κ2) is 14.4. The third-order valence-corrected chi connectivity index (χ3v) is 6.90. The first-order chi connectivity index (χ1) is 19.3. The van der Waals surface area contributed by atoms with Gasteiger partial charge in [-0.3, -0.25) is 0 Å². The molecule has 0 aliphatic carbocycles. The van der Waals surface area contributed by atoms with Gasteiger partial charge in [0.2, 0.25) is 0 Å². The summed E-state index contributed by atoms with van der Waals surface area (Å²) in [7, 11) is 0. The van der Waals surface area contributed by atoms with E-state index in [-0.39, 0.29) is 0 Å². The van der Waals surface area contributed by atoms with Gasteiger partial charge in [-0.25, -0.2) is 0 Å². The Morgan fingerprint density at radius 2 is 0.769 bits per heavy atom. The summed E-state index contributed by atoms with van der Waals surface area (Å²) < 4.78 is 31.8. The van der Waals surface area contributed by atoms with Gasteiger partial charge in [0, 0.05) is 0 Å². The largest absolute Gasteiger partial charge is 0.368 e. The molecule has 0 amide bonds. The summed E-state index contributed by atoms with van der Waals surface area (Å²) in [6.45, 7) is 1.45. The molecule has 0 saturated carbocycles. The molecule has 0 spiro atoms. The van der Waals surface area contributed by atoms with Crippen molar-refractivity contribution in [1.29, 1.82) is 0 Å². The lowest BCUT2D eigenvalue weighted by atomic mass is 10.0. The molecule has 4 aromatic carbocycles. The minimum absolute atomic E-state index is 0.348. The molecule has 0 N–H and O–H groups in total. The molecule has 202 valence electrons. The van der Waals surface area contributed by atoms with Gasteiger partial charge in [-0.05, 0) is 22.3 Å². The van der Waals surface area contributed by atoms with Crippen molar-refractivity contribution in [3.63, 3.8) is 0 Å². The molecule has 1 saturated heterocycles. The first kappa shape index (κ1) is 27.5. The predicted molar refractivity (Wildman–Crippen MR) is 151 cm³/mol. The second-order valence-corrected chi connectivity index (χ2v) is 9.87. The quantitative estimate of drug-likeness (QED) is 0.182. The first-order valence-electron chi connectivity index (χ1n) is 13.2. The summed E-state index contributed by atoms with van der Waals surface area (Å²) in [5.41, 5.74) is 3.34. The number of halogens is 1. The van der Waals surface area contributed by atoms with Gasteiger partial charge in [0.1, 0.15) is 18.3 Å². The van der Waals surface area contributed by atoms with E-state index in [1.54, 1.807) is 0 Å². The maximum atomic E-state index is 6.82. The van der Waals surface area contributed by atoms with Crippen molar-refractivity contribution in [3.05, 3.63) is 144 Å². The Balaban J connectivity index is 1.38. The van der Waals surface area contributed by atoms with Crippen molar-refractivity contribution in [1.82, 2.24) is 0 Å². The Bertz CT molecular complexity index is 1230. The number of ether oxygens (including phenoxy) is 5. The fraction of sp³-hybridized carbons (Fsp3) is 0.273. The highest BCUT2D eigenvalue weighted by molar-refractivity contribution is 6.20. The van der Waals surface area contributed by atoms with Crippen LogP contribution in [0.5, 0.6) is 0 Å². The molecule has 6 heteroatoms. The number of benzene rings is 4. The third kappa shape index (κ3) is 7.99. The topological polar surface area (TPSA) is 46.2 Å². The average Bonchev–Trinajstić information content (AvgIpc) is 3.00. The molecule has 5 nitrogen and oxygen atoms in total. The van der Waals surface area contributed by atoms with Gasteiger partial charge in [-0.1, -0.05) is 133 Å². The van der Waals surface area contributed by atoms with E-state index in [0.717, 1.165) is 22.3 Å². The maximum absolute atomic E-state index is 6.82. The zero-order chi connectivity index (χ0) is 26.7. The molecule has 0 aromatic heterocycles. The fourth-order valence-corrected chi connectivity index (χ4v) is 4.81. The van der Waals surface area contributed by atoms with Crippen molar-refractivity contribution < 1.29 is 23.7 Å². The van der Waals surface area contributed by atoms with Gasteiger partial charge < -0.3 is 23.7 Å². The van der Waals surface area contributed by atoms with Crippen LogP contribution in [0, 0.1) is 0 Å². The van der Waals surface area contributed by atoms with E-state index < -0.39 is 30.2 Å². The van der Waals surface area contributed by atoms with Gasteiger partial charge in [-0.15, -0.1) is 0 Å². The van der Waals surface area contributed by atoms with Crippen LogP contribution in [0.4, 0.5) is 0 Å². The normalized spacial score (nSPS) is 22.9. The monoisotopic (exact) mass is 544 g/mol. The van der Waals surface area contributed by atoms with Crippen molar-refractivity contribution in [2.75, 3.05) is 0 Å². The minimum atomic E-state index is -0.799. The van der Waals surface area contributed by atoms with E-state index in [1.165, 1.54) is 0 Å². The second-order valence-electron chi connectivity index (χ2n) is 9.44. The maximum Gasteiger partial charge on any atom is 0.188 e. The van der Waals surface area contributed by atoms with Crippen molar-refractivity contribution >= 4 is 11.6 Å². The van der Waals surface area contributed by atoms with E-state index in [4.69, 9.17) is 35.3 Å². The van der Waals surface area contributed by atoms with E-state index >= 15 is 0 Å². The smallest absolute Gasteiger partial charge is 0.188 e. The number of rotatable bonds is 12. The molecule has 0 bridgehead atoms.